The lowest BCUT2D eigenvalue weighted by Crippen LogP contribution is -2.46. The standard InChI is InChI=1S/C12H24BrN/c1-5-9(2)11(4)14-7-6-10(3)12(13)8-14/h9-12H,5-8H2,1-4H3. The fourth-order valence-electron chi connectivity index (χ4n) is 2.12. The third-order valence-corrected chi connectivity index (χ3v) is 5.13. The number of alkyl halides is 1. The molecule has 1 saturated heterocycles. The molecule has 0 aromatic carbocycles. The molecule has 0 amide bonds. The van der Waals surface area contributed by atoms with Gasteiger partial charge in [0.15, 0.2) is 0 Å². The number of likely N-dealkylation sites (tertiary alicyclic amines) is 1. The monoisotopic (exact) mass is 261 g/mol. The van der Waals surface area contributed by atoms with Crippen molar-refractivity contribution in [1.29, 1.82) is 0 Å². The molecule has 1 nitrogen and oxygen atoms in total. The van der Waals surface area contributed by atoms with Gasteiger partial charge in [0.25, 0.3) is 0 Å². The predicted molar refractivity (Wildman–Crippen MR) is 67.0 cm³/mol. The summed E-state index contributed by atoms with van der Waals surface area (Å²) in [5, 5.41) is 0. The van der Waals surface area contributed by atoms with Gasteiger partial charge in [-0.1, -0.05) is 43.1 Å². The van der Waals surface area contributed by atoms with Crippen LogP contribution in [-0.2, 0) is 0 Å². The van der Waals surface area contributed by atoms with Crippen LogP contribution in [0.3, 0.4) is 0 Å². The van der Waals surface area contributed by atoms with Gasteiger partial charge in [-0.2, -0.15) is 0 Å². The van der Waals surface area contributed by atoms with E-state index in [1.54, 1.807) is 0 Å². The van der Waals surface area contributed by atoms with E-state index in [4.69, 9.17) is 0 Å². The molecule has 1 rings (SSSR count). The second-order valence-corrected chi connectivity index (χ2v) is 6.08. The van der Waals surface area contributed by atoms with Gasteiger partial charge < -0.3 is 0 Å². The Labute approximate surface area is 97.4 Å². The fraction of sp³-hybridized carbons (Fsp3) is 1.00. The Kier molecular flexibility index (Phi) is 4.92. The van der Waals surface area contributed by atoms with E-state index in [-0.39, 0.29) is 0 Å². The predicted octanol–water partition coefficient (Wildman–Crippen LogP) is 3.53. The van der Waals surface area contributed by atoms with Crippen molar-refractivity contribution in [2.75, 3.05) is 13.1 Å². The molecule has 0 aromatic heterocycles. The van der Waals surface area contributed by atoms with E-state index in [0.29, 0.717) is 4.83 Å². The maximum Gasteiger partial charge on any atom is 0.0299 e. The summed E-state index contributed by atoms with van der Waals surface area (Å²) in [6, 6.07) is 0.743. The molecule has 4 unspecified atom stereocenters. The zero-order valence-electron chi connectivity index (χ0n) is 9.96. The second kappa shape index (κ2) is 5.50. The normalized spacial score (nSPS) is 34.1. The van der Waals surface area contributed by atoms with Gasteiger partial charge in [0.05, 0.1) is 0 Å². The maximum absolute atomic E-state index is 3.79. The Hall–Kier alpha value is 0.440. The summed E-state index contributed by atoms with van der Waals surface area (Å²) in [7, 11) is 0. The Morgan fingerprint density at radius 1 is 1.43 bits per heavy atom. The van der Waals surface area contributed by atoms with Crippen LogP contribution in [0, 0.1) is 11.8 Å². The van der Waals surface area contributed by atoms with E-state index in [1.165, 1.54) is 25.9 Å². The number of nitrogens with zero attached hydrogens (tertiary/aromatic N) is 1. The lowest BCUT2D eigenvalue weighted by molar-refractivity contribution is 0.118. The molecule has 14 heavy (non-hydrogen) atoms. The van der Waals surface area contributed by atoms with Gasteiger partial charge in [-0.15, -0.1) is 0 Å². The van der Waals surface area contributed by atoms with Crippen LogP contribution in [-0.4, -0.2) is 28.9 Å². The van der Waals surface area contributed by atoms with Gasteiger partial charge in [-0.25, -0.2) is 0 Å². The Balaban J connectivity index is 2.45. The van der Waals surface area contributed by atoms with Crippen molar-refractivity contribution in [2.45, 2.75) is 51.4 Å². The molecule has 0 aliphatic carbocycles. The zero-order valence-corrected chi connectivity index (χ0v) is 11.5. The van der Waals surface area contributed by atoms with Crippen molar-refractivity contribution in [3.8, 4) is 0 Å². The van der Waals surface area contributed by atoms with Crippen molar-refractivity contribution in [3.05, 3.63) is 0 Å². The Morgan fingerprint density at radius 2 is 2.07 bits per heavy atom. The highest BCUT2D eigenvalue weighted by molar-refractivity contribution is 9.09. The molecular formula is C12H24BrN. The molecule has 0 bridgehead atoms. The minimum Gasteiger partial charge on any atom is -0.299 e. The van der Waals surface area contributed by atoms with Crippen LogP contribution in [0.15, 0.2) is 0 Å². The smallest absolute Gasteiger partial charge is 0.0299 e. The first kappa shape index (κ1) is 12.5. The lowest BCUT2D eigenvalue weighted by atomic mass is 9.93. The van der Waals surface area contributed by atoms with Crippen LogP contribution in [0.2, 0.25) is 0 Å². The molecule has 84 valence electrons. The second-order valence-electron chi connectivity index (χ2n) is 4.90. The summed E-state index contributed by atoms with van der Waals surface area (Å²) >= 11 is 3.79. The number of halogens is 1. The van der Waals surface area contributed by atoms with Crippen LogP contribution in [0.1, 0.15) is 40.5 Å². The minimum atomic E-state index is 0.697. The van der Waals surface area contributed by atoms with E-state index in [9.17, 15) is 0 Å². The maximum atomic E-state index is 3.79. The molecule has 1 aliphatic rings. The van der Waals surface area contributed by atoms with E-state index >= 15 is 0 Å². The molecule has 0 aromatic rings. The van der Waals surface area contributed by atoms with E-state index in [2.05, 4.69) is 48.5 Å². The third-order valence-electron chi connectivity index (χ3n) is 3.94. The summed E-state index contributed by atoms with van der Waals surface area (Å²) in [5.41, 5.74) is 0. The van der Waals surface area contributed by atoms with Crippen molar-refractivity contribution in [3.63, 3.8) is 0 Å². The summed E-state index contributed by atoms with van der Waals surface area (Å²) in [4.78, 5) is 3.34. The van der Waals surface area contributed by atoms with Crippen LogP contribution in [0.5, 0.6) is 0 Å². The van der Waals surface area contributed by atoms with Crippen molar-refractivity contribution >= 4 is 15.9 Å². The third kappa shape index (κ3) is 2.96. The molecule has 0 N–H and O–H groups in total. The number of hydrogen-bond donors (Lipinski definition) is 0. The van der Waals surface area contributed by atoms with E-state index in [0.717, 1.165) is 17.9 Å². The van der Waals surface area contributed by atoms with Crippen molar-refractivity contribution in [2.24, 2.45) is 11.8 Å². The number of rotatable bonds is 3. The highest BCUT2D eigenvalue weighted by Gasteiger charge is 2.28. The van der Waals surface area contributed by atoms with Crippen LogP contribution in [0.25, 0.3) is 0 Å². The SMILES string of the molecule is CCC(C)C(C)N1CCC(C)C(Br)C1. The van der Waals surface area contributed by atoms with Gasteiger partial charge in [-0.3, -0.25) is 4.90 Å². The molecule has 0 radical (unpaired) electrons. The first-order valence-electron chi connectivity index (χ1n) is 5.94. The van der Waals surface area contributed by atoms with Gasteiger partial charge in [-0.05, 0) is 31.7 Å². The van der Waals surface area contributed by atoms with Gasteiger partial charge in [0.1, 0.15) is 0 Å². The summed E-state index contributed by atoms with van der Waals surface area (Å²) < 4.78 is 0. The fourth-order valence-corrected chi connectivity index (χ4v) is 2.75. The molecule has 0 spiro atoms. The molecule has 0 saturated carbocycles. The summed E-state index contributed by atoms with van der Waals surface area (Å²) in [5.74, 6) is 1.67. The quantitative estimate of drug-likeness (QED) is 0.703. The van der Waals surface area contributed by atoms with Gasteiger partial charge in [0.2, 0.25) is 0 Å². The highest BCUT2D eigenvalue weighted by Crippen LogP contribution is 2.26. The Bertz CT molecular complexity index is 172. The Morgan fingerprint density at radius 3 is 2.57 bits per heavy atom. The molecule has 1 fully saturated rings. The topological polar surface area (TPSA) is 3.24 Å². The minimum absolute atomic E-state index is 0.697. The molecular weight excluding hydrogens is 238 g/mol. The largest absolute Gasteiger partial charge is 0.299 e. The van der Waals surface area contributed by atoms with Gasteiger partial charge in [0, 0.05) is 17.4 Å². The molecule has 2 heteroatoms. The van der Waals surface area contributed by atoms with Crippen LogP contribution in [0.4, 0.5) is 0 Å². The number of hydrogen-bond acceptors (Lipinski definition) is 1. The zero-order chi connectivity index (χ0) is 10.7. The average molecular weight is 262 g/mol. The summed E-state index contributed by atoms with van der Waals surface area (Å²) in [6.07, 6.45) is 2.64. The first-order chi connectivity index (χ1) is 6.56. The molecule has 4 atom stereocenters. The van der Waals surface area contributed by atoms with Gasteiger partial charge >= 0.3 is 0 Å². The van der Waals surface area contributed by atoms with Crippen molar-refractivity contribution in [1.82, 2.24) is 4.90 Å². The first-order valence-corrected chi connectivity index (χ1v) is 6.86. The van der Waals surface area contributed by atoms with Crippen LogP contribution < -0.4 is 0 Å². The van der Waals surface area contributed by atoms with Crippen molar-refractivity contribution < 1.29 is 0 Å². The highest BCUT2D eigenvalue weighted by atomic mass is 79.9. The van der Waals surface area contributed by atoms with Crippen LogP contribution >= 0.6 is 15.9 Å². The average Bonchev–Trinajstić information content (AvgIpc) is 2.20. The number of piperidine rings is 1. The lowest BCUT2D eigenvalue weighted by Gasteiger charge is -2.40. The van der Waals surface area contributed by atoms with E-state index < -0.39 is 0 Å². The van der Waals surface area contributed by atoms with E-state index in [1.807, 2.05) is 0 Å². The summed E-state index contributed by atoms with van der Waals surface area (Å²) in [6.45, 7) is 11.9. The molecule has 1 aliphatic heterocycles. The molecule has 1 heterocycles.